The van der Waals surface area contributed by atoms with Crippen LogP contribution in [0, 0.1) is 11.3 Å². The molecule has 11 heavy (non-hydrogen) atoms. The molecule has 0 fully saturated rings. The number of hydrogen-bond acceptors (Lipinski definition) is 4. The van der Waals surface area contributed by atoms with E-state index in [1.54, 1.807) is 7.11 Å². The second-order valence-electron chi connectivity index (χ2n) is 1.90. The molecule has 0 saturated carbocycles. The van der Waals surface area contributed by atoms with Crippen molar-refractivity contribution in [1.29, 1.82) is 5.26 Å². The molecule has 0 N–H and O–H groups in total. The van der Waals surface area contributed by atoms with Gasteiger partial charge in [0.2, 0.25) is 0 Å². The van der Waals surface area contributed by atoms with Gasteiger partial charge in [-0.1, -0.05) is 0 Å². The van der Waals surface area contributed by atoms with E-state index in [1.807, 2.05) is 6.07 Å². The lowest BCUT2D eigenvalue weighted by atomic mass is 10.3. The van der Waals surface area contributed by atoms with E-state index >= 15 is 0 Å². The van der Waals surface area contributed by atoms with Gasteiger partial charge in [0, 0.05) is 19.5 Å². The quantitative estimate of drug-likeness (QED) is 0.614. The first kappa shape index (κ1) is 7.63. The molecule has 1 aromatic rings. The summed E-state index contributed by atoms with van der Waals surface area (Å²) in [7, 11) is 1.55. The molecule has 0 aromatic carbocycles. The third-order valence-electron chi connectivity index (χ3n) is 1.16. The zero-order chi connectivity index (χ0) is 8.10. The molecular formula is C7H7N3O. The van der Waals surface area contributed by atoms with E-state index in [0.29, 0.717) is 18.0 Å². The van der Waals surface area contributed by atoms with Crippen LogP contribution in [0.25, 0.3) is 0 Å². The second-order valence-corrected chi connectivity index (χ2v) is 1.90. The van der Waals surface area contributed by atoms with Gasteiger partial charge in [-0.25, -0.2) is 4.98 Å². The maximum atomic E-state index is 8.54. The molecule has 0 aliphatic heterocycles. The van der Waals surface area contributed by atoms with E-state index in [9.17, 15) is 0 Å². The highest BCUT2D eigenvalue weighted by Crippen LogP contribution is 1.99. The van der Waals surface area contributed by atoms with Crippen LogP contribution in [0.1, 0.15) is 11.4 Å². The largest absolute Gasteiger partial charge is 0.378 e. The number of rotatable bonds is 2. The molecule has 1 heterocycles. The van der Waals surface area contributed by atoms with E-state index in [0.717, 1.165) is 0 Å². The highest BCUT2D eigenvalue weighted by atomic mass is 16.5. The molecule has 0 unspecified atom stereocenters. The Balaban J connectivity index is 2.95. The van der Waals surface area contributed by atoms with Crippen LogP contribution in [0.15, 0.2) is 12.4 Å². The van der Waals surface area contributed by atoms with Crippen molar-refractivity contribution < 1.29 is 4.74 Å². The van der Waals surface area contributed by atoms with Gasteiger partial charge < -0.3 is 4.74 Å². The summed E-state index contributed by atoms with van der Waals surface area (Å²) in [6.45, 7) is 0.330. The van der Waals surface area contributed by atoms with Crippen molar-refractivity contribution in [3.05, 3.63) is 23.8 Å². The van der Waals surface area contributed by atoms with E-state index in [2.05, 4.69) is 9.97 Å². The summed E-state index contributed by atoms with van der Waals surface area (Å²) in [5.41, 5.74) is 0.909. The van der Waals surface area contributed by atoms with Gasteiger partial charge in [-0.3, -0.25) is 4.98 Å². The molecule has 4 nitrogen and oxygen atoms in total. The molecule has 1 aromatic heterocycles. The van der Waals surface area contributed by atoms with Crippen molar-refractivity contribution >= 4 is 0 Å². The van der Waals surface area contributed by atoms with Crippen molar-refractivity contribution in [2.24, 2.45) is 0 Å². The fourth-order valence-electron chi connectivity index (χ4n) is 0.703. The van der Waals surface area contributed by atoms with E-state index in [1.165, 1.54) is 12.4 Å². The molecule has 1 rings (SSSR count). The van der Waals surface area contributed by atoms with E-state index in [4.69, 9.17) is 10.00 Å². The molecule has 0 spiro atoms. The van der Waals surface area contributed by atoms with Crippen molar-refractivity contribution in [3.63, 3.8) is 0 Å². The summed E-state index contributed by atoms with van der Waals surface area (Å²) in [6, 6.07) is 1.93. The lowest BCUT2D eigenvalue weighted by Crippen LogP contribution is -1.97. The van der Waals surface area contributed by atoms with E-state index in [-0.39, 0.29) is 0 Å². The smallest absolute Gasteiger partial charge is 0.164 e. The molecule has 0 amide bonds. The Kier molecular flexibility index (Phi) is 2.53. The fourth-order valence-corrected chi connectivity index (χ4v) is 0.703. The minimum atomic E-state index is 0.328. The molecule has 0 radical (unpaired) electrons. The SMILES string of the molecule is COCc1nccnc1C#N. The number of nitrogens with zero attached hydrogens (tertiary/aromatic N) is 3. The van der Waals surface area contributed by atoms with Gasteiger partial charge in [0.25, 0.3) is 0 Å². The maximum Gasteiger partial charge on any atom is 0.164 e. The van der Waals surface area contributed by atoms with Gasteiger partial charge in [-0.05, 0) is 0 Å². The van der Waals surface area contributed by atoms with Gasteiger partial charge in [-0.15, -0.1) is 0 Å². The first-order valence-electron chi connectivity index (χ1n) is 3.07. The number of hydrogen-bond donors (Lipinski definition) is 0. The molecule has 0 bridgehead atoms. The lowest BCUT2D eigenvalue weighted by molar-refractivity contribution is 0.181. The van der Waals surface area contributed by atoms with Crippen molar-refractivity contribution in [1.82, 2.24) is 9.97 Å². The van der Waals surface area contributed by atoms with E-state index < -0.39 is 0 Å². The monoisotopic (exact) mass is 149 g/mol. The predicted octanol–water partition coefficient (Wildman–Crippen LogP) is 0.495. The molecule has 0 aliphatic rings. The average Bonchev–Trinajstić information content (AvgIpc) is 2.06. The Hall–Kier alpha value is -1.47. The summed E-state index contributed by atoms with van der Waals surface area (Å²) in [5, 5.41) is 8.54. The Bertz CT molecular complexity index is 279. The van der Waals surface area contributed by atoms with Crippen molar-refractivity contribution in [2.75, 3.05) is 7.11 Å². The normalized spacial score (nSPS) is 9.09. The molecule has 0 atom stereocenters. The van der Waals surface area contributed by atoms with Crippen LogP contribution in [0.4, 0.5) is 0 Å². The number of aromatic nitrogens is 2. The summed E-state index contributed by atoms with van der Waals surface area (Å²) in [6.07, 6.45) is 3.02. The number of ether oxygens (including phenoxy) is 1. The van der Waals surface area contributed by atoms with Crippen LogP contribution in [-0.2, 0) is 11.3 Å². The van der Waals surface area contributed by atoms with Gasteiger partial charge >= 0.3 is 0 Å². The summed E-state index contributed by atoms with van der Waals surface area (Å²) >= 11 is 0. The zero-order valence-corrected chi connectivity index (χ0v) is 6.11. The molecule has 56 valence electrons. The second kappa shape index (κ2) is 3.64. The highest BCUT2D eigenvalue weighted by Gasteiger charge is 2.01. The van der Waals surface area contributed by atoms with Gasteiger partial charge in [-0.2, -0.15) is 5.26 Å². The third kappa shape index (κ3) is 1.72. The Morgan fingerprint density at radius 1 is 1.55 bits per heavy atom. The molecular weight excluding hydrogens is 142 g/mol. The van der Waals surface area contributed by atoms with Crippen LogP contribution >= 0.6 is 0 Å². The molecule has 4 heteroatoms. The Morgan fingerprint density at radius 3 is 2.91 bits per heavy atom. The predicted molar refractivity (Wildman–Crippen MR) is 37.5 cm³/mol. The Labute approximate surface area is 64.5 Å². The topological polar surface area (TPSA) is 58.8 Å². The summed E-state index contributed by atoms with van der Waals surface area (Å²) in [5.74, 6) is 0. The zero-order valence-electron chi connectivity index (χ0n) is 6.11. The summed E-state index contributed by atoms with van der Waals surface area (Å²) < 4.78 is 4.82. The van der Waals surface area contributed by atoms with Crippen LogP contribution in [0.2, 0.25) is 0 Å². The lowest BCUT2D eigenvalue weighted by Gasteiger charge is -1.97. The first-order valence-corrected chi connectivity index (χ1v) is 3.07. The highest BCUT2D eigenvalue weighted by molar-refractivity contribution is 5.23. The molecule has 0 aliphatic carbocycles. The van der Waals surface area contributed by atoms with Gasteiger partial charge in [0.1, 0.15) is 11.8 Å². The average molecular weight is 149 g/mol. The van der Waals surface area contributed by atoms with Gasteiger partial charge in [0.15, 0.2) is 5.69 Å². The minimum absolute atomic E-state index is 0.328. The first-order chi connectivity index (χ1) is 5.38. The van der Waals surface area contributed by atoms with Crippen molar-refractivity contribution in [3.8, 4) is 6.07 Å². The standard InChI is InChI=1S/C7H7N3O/c1-11-5-7-6(4-8)9-2-3-10-7/h2-3H,5H2,1H3. The van der Waals surface area contributed by atoms with Crippen LogP contribution in [0.5, 0.6) is 0 Å². The summed E-state index contributed by atoms with van der Waals surface area (Å²) in [4.78, 5) is 7.74. The van der Waals surface area contributed by atoms with Gasteiger partial charge in [0.05, 0.1) is 6.61 Å². The fraction of sp³-hybridized carbons (Fsp3) is 0.286. The number of nitriles is 1. The van der Waals surface area contributed by atoms with Crippen LogP contribution in [-0.4, -0.2) is 17.1 Å². The third-order valence-corrected chi connectivity index (χ3v) is 1.16. The maximum absolute atomic E-state index is 8.54. The number of methoxy groups -OCH3 is 1. The van der Waals surface area contributed by atoms with Crippen LogP contribution in [0.3, 0.4) is 0 Å². The van der Waals surface area contributed by atoms with Crippen LogP contribution < -0.4 is 0 Å². The van der Waals surface area contributed by atoms with Crippen molar-refractivity contribution in [2.45, 2.75) is 6.61 Å². The molecule has 0 saturated heterocycles. The minimum Gasteiger partial charge on any atom is -0.378 e. The Morgan fingerprint density at radius 2 is 2.27 bits per heavy atom.